The zero-order chi connectivity index (χ0) is 23.3. The van der Waals surface area contributed by atoms with Crippen molar-refractivity contribution in [2.45, 2.75) is 13.3 Å². The Balaban J connectivity index is 1.33. The van der Waals surface area contributed by atoms with Gasteiger partial charge in [0.1, 0.15) is 11.4 Å². The van der Waals surface area contributed by atoms with Gasteiger partial charge in [-0.2, -0.15) is 5.10 Å². The molecular weight excluding hydrogens is 456 g/mol. The number of halogens is 1. The Morgan fingerprint density at radius 3 is 2.71 bits per heavy atom. The number of amides is 1. The number of hydrogen-bond donors (Lipinski definition) is 1. The number of nitrogens with zero attached hydrogens (tertiary/aromatic N) is 5. The lowest BCUT2D eigenvalue weighted by molar-refractivity contribution is 0.0366. The highest BCUT2D eigenvalue weighted by molar-refractivity contribution is 6.32. The van der Waals surface area contributed by atoms with Crippen molar-refractivity contribution in [2.24, 2.45) is 0 Å². The first-order valence-electron chi connectivity index (χ1n) is 11.1. The van der Waals surface area contributed by atoms with E-state index in [0.29, 0.717) is 29.0 Å². The average molecular weight is 481 g/mol. The van der Waals surface area contributed by atoms with Gasteiger partial charge in [0.05, 0.1) is 29.3 Å². The number of benzene rings is 2. The van der Waals surface area contributed by atoms with E-state index in [9.17, 15) is 4.79 Å². The van der Waals surface area contributed by atoms with E-state index in [1.807, 2.05) is 41.0 Å². The molecule has 0 unspecified atom stereocenters. The third-order valence-corrected chi connectivity index (χ3v) is 6.06. The molecule has 0 atom stereocenters. The number of fused-ring (bicyclic) bond motifs is 1. The van der Waals surface area contributed by atoms with Gasteiger partial charge in [0, 0.05) is 32.4 Å². The molecule has 1 saturated heterocycles. The molecule has 0 bridgehead atoms. The number of rotatable bonds is 8. The Bertz CT molecular complexity index is 1280. The molecule has 34 heavy (non-hydrogen) atoms. The van der Waals surface area contributed by atoms with Crippen LogP contribution in [0.1, 0.15) is 10.5 Å². The molecule has 1 aliphatic rings. The first kappa shape index (κ1) is 22.4. The van der Waals surface area contributed by atoms with Crippen LogP contribution in [0.25, 0.3) is 11.0 Å². The van der Waals surface area contributed by atoms with Crippen LogP contribution in [0.3, 0.4) is 0 Å². The van der Waals surface area contributed by atoms with Crippen molar-refractivity contribution >= 4 is 34.5 Å². The zero-order valence-corrected chi connectivity index (χ0v) is 19.3. The average Bonchev–Trinajstić information content (AvgIpc) is 3.47. The SMILES string of the molecule is O=C(Nc1nc2ccccc2n1CCN1CCOCC1)c1ccnn1COc1ccccc1Cl. The molecule has 0 aliphatic carbocycles. The van der Waals surface area contributed by atoms with E-state index in [1.54, 1.807) is 24.4 Å². The van der Waals surface area contributed by atoms with Crippen LogP contribution in [0.2, 0.25) is 5.02 Å². The fourth-order valence-electron chi connectivity index (χ4n) is 3.95. The second-order valence-corrected chi connectivity index (χ2v) is 8.31. The molecule has 1 N–H and O–H groups in total. The molecule has 1 fully saturated rings. The zero-order valence-electron chi connectivity index (χ0n) is 18.6. The van der Waals surface area contributed by atoms with Gasteiger partial charge in [-0.3, -0.25) is 15.0 Å². The number of carbonyl (C=O) groups excluding carboxylic acids is 1. The first-order valence-corrected chi connectivity index (χ1v) is 11.5. The summed E-state index contributed by atoms with van der Waals surface area (Å²) in [6.45, 7) is 4.88. The molecule has 2 aromatic heterocycles. The smallest absolute Gasteiger partial charge is 0.276 e. The Labute approximate surface area is 201 Å². The summed E-state index contributed by atoms with van der Waals surface area (Å²) in [6, 6.07) is 16.7. The van der Waals surface area contributed by atoms with Crippen molar-refractivity contribution in [3.8, 4) is 5.75 Å². The minimum absolute atomic E-state index is 0.0485. The molecule has 10 heteroatoms. The van der Waals surface area contributed by atoms with Crippen LogP contribution in [0.4, 0.5) is 5.95 Å². The van der Waals surface area contributed by atoms with Crippen LogP contribution in [-0.4, -0.2) is 63.0 Å². The maximum atomic E-state index is 13.2. The lowest BCUT2D eigenvalue weighted by Gasteiger charge is -2.26. The topological polar surface area (TPSA) is 86.4 Å². The monoisotopic (exact) mass is 480 g/mol. The molecule has 4 aromatic rings. The summed E-state index contributed by atoms with van der Waals surface area (Å²) >= 11 is 6.16. The Hall–Kier alpha value is -3.40. The van der Waals surface area contributed by atoms with Gasteiger partial charge in [0.25, 0.3) is 5.91 Å². The number of morpholine rings is 1. The summed E-state index contributed by atoms with van der Waals surface area (Å²) in [5, 5.41) is 7.69. The second-order valence-electron chi connectivity index (χ2n) is 7.90. The van der Waals surface area contributed by atoms with Gasteiger partial charge in [0.15, 0.2) is 6.73 Å². The highest BCUT2D eigenvalue weighted by Gasteiger charge is 2.19. The van der Waals surface area contributed by atoms with E-state index in [-0.39, 0.29) is 12.6 Å². The normalized spacial score (nSPS) is 14.4. The standard InChI is InChI=1S/C24H25ClN6O3/c25-18-5-1-4-8-22(18)34-17-31-21(9-10-26-31)23(32)28-24-27-19-6-2-3-7-20(19)30(24)12-11-29-13-15-33-16-14-29/h1-10H,11-17H2,(H,27,28,32). The number of imidazole rings is 1. The summed E-state index contributed by atoms with van der Waals surface area (Å²) in [5.74, 6) is 0.707. The first-order chi connectivity index (χ1) is 16.7. The fraction of sp³-hybridized carbons (Fsp3) is 0.292. The minimum Gasteiger partial charge on any atom is -0.470 e. The van der Waals surface area contributed by atoms with E-state index in [0.717, 1.165) is 43.9 Å². The third kappa shape index (κ3) is 4.91. The molecule has 176 valence electrons. The van der Waals surface area contributed by atoms with E-state index in [1.165, 1.54) is 4.68 Å². The lowest BCUT2D eigenvalue weighted by Crippen LogP contribution is -2.38. The molecule has 2 aromatic carbocycles. The summed E-state index contributed by atoms with van der Waals surface area (Å²) in [6.07, 6.45) is 1.56. The van der Waals surface area contributed by atoms with Crippen LogP contribution in [0, 0.1) is 0 Å². The number of anilines is 1. The van der Waals surface area contributed by atoms with E-state index in [4.69, 9.17) is 21.1 Å². The van der Waals surface area contributed by atoms with Crippen LogP contribution in [0.5, 0.6) is 5.75 Å². The number of hydrogen-bond acceptors (Lipinski definition) is 6. The van der Waals surface area contributed by atoms with Gasteiger partial charge in [-0.25, -0.2) is 9.67 Å². The molecule has 3 heterocycles. The van der Waals surface area contributed by atoms with Gasteiger partial charge in [0.2, 0.25) is 5.95 Å². The minimum atomic E-state index is -0.316. The molecule has 1 aliphatic heterocycles. The van der Waals surface area contributed by atoms with Crippen molar-refractivity contribution in [2.75, 3.05) is 38.2 Å². The quantitative estimate of drug-likeness (QED) is 0.415. The van der Waals surface area contributed by atoms with E-state index >= 15 is 0 Å². The summed E-state index contributed by atoms with van der Waals surface area (Å²) < 4.78 is 14.7. The van der Waals surface area contributed by atoms with Gasteiger partial charge in [-0.15, -0.1) is 0 Å². The second kappa shape index (κ2) is 10.3. The summed E-state index contributed by atoms with van der Waals surface area (Å²) in [7, 11) is 0. The molecular formula is C24H25ClN6O3. The predicted molar refractivity (Wildman–Crippen MR) is 129 cm³/mol. The van der Waals surface area contributed by atoms with Crippen LogP contribution in [-0.2, 0) is 18.0 Å². The Kier molecular flexibility index (Phi) is 6.75. The largest absolute Gasteiger partial charge is 0.470 e. The number of nitrogens with one attached hydrogen (secondary N) is 1. The maximum absolute atomic E-state index is 13.2. The number of carbonyl (C=O) groups is 1. The molecule has 5 rings (SSSR count). The highest BCUT2D eigenvalue weighted by Crippen LogP contribution is 2.24. The van der Waals surface area contributed by atoms with Crippen LogP contribution < -0.4 is 10.1 Å². The maximum Gasteiger partial charge on any atom is 0.276 e. The Morgan fingerprint density at radius 2 is 1.85 bits per heavy atom. The van der Waals surface area contributed by atoms with Crippen molar-refractivity contribution in [1.29, 1.82) is 0 Å². The number of para-hydroxylation sites is 3. The van der Waals surface area contributed by atoms with Gasteiger partial charge in [-0.05, 0) is 30.3 Å². The number of ether oxygens (including phenoxy) is 2. The predicted octanol–water partition coefficient (Wildman–Crippen LogP) is 3.51. The summed E-state index contributed by atoms with van der Waals surface area (Å²) in [4.78, 5) is 20.2. The van der Waals surface area contributed by atoms with Crippen LogP contribution in [0.15, 0.2) is 60.8 Å². The lowest BCUT2D eigenvalue weighted by atomic mass is 10.3. The van der Waals surface area contributed by atoms with E-state index < -0.39 is 0 Å². The van der Waals surface area contributed by atoms with Gasteiger partial charge in [-0.1, -0.05) is 35.9 Å². The number of aromatic nitrogens is 4. The molecule has 9 nitrogen and oxygen atoms in total. The third-order valence-electron chi connectivity index (χ3n) is 5.75. The highest BCUT2D eigenvalue weighted by atomic mass is 35.5. The van der Waals surface area contributed by atoms with Crippen LogP contribution >= 0.6 is 11.6 Å². The van der Waals surface area contributed by atoms with Gasteiger partial charge < -0.3 is 14.0 Å². The molecule has 0 saturated carbocycles. The summed E-state index contributed by atoms with van der Waals surface area (Å²) in [5.41, 5.74) is 2.16. The molecule has 0 radical (unpaired) electrons. The van der Waals surface area contributed by atoms with Crippen molar-refractivity contribution < 1.29 is 14.3 Å². The fourth-order valence-corrected chi connectivity index (χ4v) is 4.14. The van der Waals surface area contributed by atoms with E-state index in [2.05, 4.69) is 20.3 Å². The van der Waals surface area contributed by atoms with Crippen molar-refractivity contribution in [3.63, 3.8) is 0 Å². The van der Waals surface area contributed by atoms with Crippen molar-refractivity contribution in [3.05, 3.63) is 71.5 Å². The van der Waals surface area contributed by atoms with Gasteiger partial charge >= 0.3 is 0 Å². The Morgan fingerprint density at radius 1 is 1.06 bits per heavy atom. The molecule has 0 spiro atoms. The molecule has 1 amide bonds. The van der Waals surface area contributed by atoms with Crippen molar-refractivity contribution in [1.82, 2.24) is 24.2 Å².